The van der Waals surface area contributed by atoms with E-state index in [2.05, 4.69) is 24.4 Å². The Morgan fingerprint density at radius 2 is 2.25 bits per heavy atom. The van der Waals surface area contributed by atoms with Gasteiger partial charge in [-0.25, -0.2) is 0 Å². The van der Waals surface area contributed by atoms with E-state index in [1.54, 1.807) is 0 Å². The van der Waals surface area contributed by atoms with Crippen molar-refractivity contribution in [3.8, 4) is 0 Å². The lowest BCUT2D eigenvalue weighted by Crippen LogP contribution is -2.34. The highest BCUT2D eigenvalue weighted by Gasteiger charge is 2.28. The van der Waals surface area contributed by atoms with Crippen LogP contribution in [-0.4, -0.2) is 12.3 Å². The van der Waals surface area contributed by atoms with Crippen LogP contribution < -0.4 is 5.32 Å². The van der Waals surface area contributed by atoms with Gasteiger partial charge in [-0.2, -0.15) is 0 Å². The molecule has 1 N–H and O–H groups in total. The van der Waals surface area contributed by atoms with Crippen molar-refractivity contribution in [1.29, 1.82) is 0 Å². The number of Topliss-reactive ketones (excluding diaryl/α,β-unsaturated/α-hetero) is 1. The van der Waals surface area contributed by atoms with Gasteiger partial charge in [-0.1, -0.05) is 38.1 Å². The molecule has 1 aliphatic heterocycles. The second-order valence-corrected chi connectivity index (χ2v) is 4.59. The molecule has 2 nitrogen and oxygen atoms in total. The summed E-state index contributed by atoms with van der Waals surface area (Å²) in [4.78, 5) is 12.3. The molecule has 0 radical (unpaired) electrons. The number of carbonyl (C=O) groups excluding carboxylic acids is 1. The monoisotopic (exact) mass is 217 g/mol. The molecule has 0 saturated heterocycles. The summed E-state index contributed by atoms with van der Waals surface area (Å²) in [7, 11) is 0. The summed E-state index contributed by atoms with van der Waals surface area (Å²) in [6.07, 6.45) is 0.928. The number of fused-ring (bicyclic) bond motifs is 1. The summed E-state index contributed by atoms with van der Waals surface area (Å²) in [6, 6.07) is 8.27. The van der Waals surface area contributed by atoms with Gasteiger partial charge in [0.2, 0.25) is 0 Å². The molecule has 1 aromatic rings. The Morgan fingerprint density at radius 3 is 3.00 bits per heavy atom. The predicted octanol–water partition coefficient (Wildman–Crippen LogP) is 2.49. The van der Waals surface area contributed by atoms with Crippen LogP contribution in [0.4, 0.5) is 0 Å². The molecule has 16 heavy (non-hydrogen) atoms. The smallest absolute Gasteiger partial charge is 0.144 e. The SMILES string of the molecule is CCC(C)C(=O)C1CNCc2ccccc21. The van der Waals surface area contributed by atoms with Crippen LogP contribution in [0.5, 0.6) is 0 Å². The van der Waals surface area contributed by atoms with Gasteiger partial charge in [0.25, 0.3) is 0 Å². The average molecular weight is 217 g/mol. The van der Waals surface area contributed by atoms with Gasteiger partial charge in [0.05, 0.1) is 5.92 Å². The van der Waals surface area contributed by atoms with Gasteiger partial charge in [0.15, 0.2) is 0 Å². The van der Waals surface area contributed by atoms with Gasteiger partial charge >= 0.3 is 0 Å². The molecule has 2 rings (SSSR count). The molecule has 0 spiro atoms. The molecule has 86 valence electrons. The zero-order valence-electron chi connectivity index (χ0n) is 9.99. The van der Waals surface area contributed by atoms with E-state index in [0.29, 0.717) is 5.78 Å². The highest BCUT2D eigenvalue weighted by Crippen LogP contribution is 2.27. The maximum absolute atomic E-state index is 12.3. The lowest BCUT2D eigenvalue weighted by molar-refractivity contribution is -0.124. The van der Waals surface area contributed by atoms with E-state index < -0.39 is 0 Å². The first-order valence-corrected chi connectivity index (χ1v) is 6.06. The summed E-state index contributed by atoms with van der Waals surface area (Å²) < 4.78 is 0. The van der Waals surface area contributed by atoms with E-state index >= 15 is 0 Å². The van der Waals surface area contributed by atoms with Gasteiger partial charge in [-0.3, -0.25) is 4.79 Å². The number of hydrogen-bond donors (Lipinski definition) is 1. The molecule has 0 bridgehead atoms. The summed E-state index contributed by atoms with van der Waals surface area (Å²) >= 11 is 0. The Kier molecular flexibility index (Phi) is 3.39. The fraction of sp³-hybridized carbons (Fsp3) is 0.500. The van der Waals surface area contributed by atoms with Crippen LogP contribution >= 0.6 is 0 Å². The quantitative estimate of drug-likeness (QED) is 0.842. The van der Waals surface area contributed by atoms with E-state index in [0.717, 1.165) is 19.5 Å². The van der Waals surface area contributed by atoms with E-state index in [1.165, 1.54) is 11.1 Å². The lowest BCUT2D eigenvalue weighted by Gasteiger charge is -2.27. The van der Waals surface area contributed by atoms with Crippen molar-refractivity contribution in [3.63, 3.8) is 0 Å². The second-order valence-electron chi connectivity index (χ2n) is 4.59. The topological polar surface area (TPSA) is 29.1 Å². The summed E-state index contributed by atoms with van der Waals surface area (Å²) in [6.45, 7) is 5.78. The summed E-state index contributed by atoms with van der Waals surface area (Å²) in [5.74, 6) is 0.597. The molecule has 2 unspecified atom stereocenters. The van der Waals surface area contributed by atoms with Crippen molar-refractivity contribution in [3.05, 3.63) is 35.4 Å². The van der Waals surface area contributed by atoms with E-state index in [4.69, 9.17) is 0 Å². The number of hydrogen-bond acceptors (Lipinski definition) is 2. The standard InChI is InChI=1S/C14H19NO/c1-3-10(2)14(16)13-9-15-8-11-6-4-5-7-12(11)13/h4-7,10,13,15H,3,8-9H2,1-2H3. The van der Waals surface area contributed by atoms with Gasteiger partial charge in [0, 0.05) is 19.0 Å². The highest BCUT2D eigenvalue weighted by molar-refractivity contribution is 5.88. The lowest BCUT2D eigenvalue weighted by atomic mass is 9.83. The maximum Gasteiger partial charge on any atom is 0.144 e. The van der Waals surface area contributed by atoms with Crippen LogP contribution in [0.1, 0.15) is 37.3 Å². The fourth-order valence-corrected chi connectivity index (χ4v) is 2.29. The van der Waals surface area contributed by atoms with Crippen molar-refractivity contribution < 1.29 is 4.79 Å². The van der Waals surface area contributed by atoms with Crippen LogP contribution in [-0.2, 0) is 11.3 Å². The van der Waals surface area contributed by atoms with Crippen LogP contribution in [0, 0.1) is 5.92 Å². The third-order valence-electron chi connectivity index (χ3n) is 3.54. The molecular formula is C14H19NO. The highest BCUT2D eigenvalue weighted by atomic mass is 16.1. The van der Waals surface area contributed by atoms with Crippen LogP contribution in [0.3, 0.4) is 0 Å². The second kappa shape index (κ2) is 4.79. The first kappa shape index (κ1) is 11.3. The maximum atomic E-state index is 12.3. The number of ketones is 1. The third kappa shape index (κ3) is 2.03. The largest absolute Gasteiger partial charge is 0.312 e. The number of nitrogens with one attached hydrogen (secondary N) is 1. The first-order chi connectivity index (χ1) is 7.74. The summed E-state index contributed by atoms with van der Waals surface area (Å²) in [5.41, 5.74) is 2.50. The molecule has 0 amide bonds. The number of rotatable bonds is 3. The Bertz CT molecular complexity index is 386. The van der Waals surface area contributed by atoms with Gasteiger partial charge in [-0.15, -0.1) is 0 Å². The van der Waals surface area contributed by atoms with E-state index in [-0.39, 0.29) is 11.8 Å². The van der Waals surface area contributed by atoms with Gasteiger partial charge in [-0.05, 0) is 17.5 Å². The molecular weight excluding hydrogens is 198 g/mol. The fourth-order valence-electron chi connectivity index (χ4n) is 2.29. The molecule has 1 aromatic carbocycles. The Morgan fingerprint density at radius 1 is 1.50 bits per heavy atom. The van der Waals surface area contributed by atoms with Crippen molar-refractivity contribution in [2.24, 2.45) is 5.92 Å². The molecule has 0 aromatic heterocycles. The van der Waals surface area contributed by atoms with Crippen LogP contribution in [0.2, 0.25) is 0 Å². The average Bonchev–Trinajstić information content (AvgIpc) is 2.36. The first-order valence-electron chi connectivity index (χ1n) is 6.06. The summed E-state index contributed by atoms with van der Waals surface area (Å²) in [5, 5.41) is 3.33. The molecule has 0 aliphatic carbocycles. The van der Waals surface area contributed by atoms with Gasteiger partial charge in [0.1, 0.15) is 5.78 Å². The van der Waals surface area contributed by atoms with Crippen molar-refractivity contribution in [2.75, 3.05) is 6.54 Å². The van der Waals surface area contributed by atoms with Crippen molar-refractivity contribution >= 4 is 5.78 Å². The minimum atomic E-state index is 0.0555. The minimum absolute atomic E-state index is 0.0555. The minimum Gasteiger partial charge on any atom is -0.312 e. The van der Waals surface area contributed by atoms with E-state index in [9.17, 15) is 4.79 Å². The Balaban J connectivity index is 2.28. The molecule has 1 aliphatic rings. The van der Waals surface area contributed by atoms with Crippen molar-refractivity contribution in [1.82, 2.24) is 5.32 Å². The number of carbonyl (C=O) groups is 1. The third-order valence-corrected chi connectivity index (χ3v) is 3.54. The Hall–Kier alpha value is -1.15. The van der Waals surface area contributed by atoms with Crippen molar-refractivity contribution in [2.45, 2.75) is 32.7 Å². The molecule has 0 saturated carbocycles. The normalized spacial score (nSPS) is 21.2. The zero-order valence-corrected chi connectivity index (χ0v) is 9.99. The Labute approximate surface area is 97.1 Å². The van der Waals surface area contributed by atoms with E-state index in [1.807, 2.05) is 19.1 Å². The zero-order chi connectivity index (χ0) is 11.5. The predicted molar refractivity (Wildman–Crippen MR) is 65.4 cm³/mol. The van der Waals surface area contributed by atoms with Crippen LogP contribution in [0.25, 0.3) is 0 Å². The molecule has 2 heteroatoms. The molecule has 1 heterocycles. The molecule has 0 fully saturated rings. The van der Waals surface area contributed by atoms with Gasteiger partial charge < -0.3 is 5.32 Å². The molecule has 2 atom stereocenters. The van der Waals surface area contributed by atoms with Crippen LogP contribution in [0.15, 0.2) is 24.3 Å². The number of benzene rings is 1.